The highest BCUT2D eigenvalue weighted by Crippen LogP contribution is 2.34. The number of hydrogen-bond acceptors (Lipinski definition) is 4. The molecule has 1 saturated heterocycles. The zero-order chi connectivity index (χ0) is 20.8. The Balaban J connectivity index is 1.49. The molecule has 30 heavy (non-hydrogen) atoms. The summed E-state index contributed by atoms with van der Waals surface area (Å²) in [4.78, 5) is 15.2. The molecule has 2 unspecified atom stereocenters. The van der Waals surface area contributed by atoms with Crippen molar-refractivity contribution in [2.24, 2.45) is 0 Å². The second-order valence-corrected chi connectivity index (χ2v) is 8.16. The predicted octanol–water partition coefficient (Wildman–Crippen LogP) is 5.39. The number of nitrogens with one attached hydrogen (secondary N) is 1. The lowest BCUT2D eigenvalue weighted by Gasteiger charge is -2.39. The quantitative estimate of drug-likeness (QED) is 0.565. The van der Waals surface area contributed by atoms with Gasteiger partial charge in [0.2, 0.25) is 0 Å². The Bertz CT molecular complexity index is 831. The number of amides is 1. The van der Waals surface area contributed by atoms with Gasteiger partial charge in [0, 0.05) is 18.8 Å². The van der Waals surface area contributed by atoms with Crippen LogP contribution in [0.1, 0.15) is 67.5 Å². The van der Waals surface area contributed by atoms with Crippen LogP contribution >= 0.6 is 0 Å². The Hall–Kier alpha value is -2.53. The van der Waals surface area contributed by atoms with Crippen LogP contribution < -0.4 is 10.1 Å². The van der Waals surface area contributed by atoms with Gasteiger partial charge in [0.1, 0.15) is 11.9 Å². The molecule has 2 atom stereocenters. The summed E-state index contributed by atoms with van der Waals surface area (Å²) in [6, 6.07) is 15.9. The van der Waals surface area contributed by atoms with Crippen LogP contribution in [0.3, 0.4) is 0 Å². The van der Waals surface area contributed by atoms with Crippen molar-refractivity contribution in [2.75, 3.05) is 25.1 Å². The van der Waals surface area contributed by atoms with Crippen LogP contribution in [0.4, 0.5) is 5.69 Å². The van der Waals surface area contributed by atoms with Crippen LogP contribution in [0.5, 0.6) is 5.75 Å². The Morgan fingerprint density at radius 3 is 2.70 bits per heavy atom. The highest BCUT2D eigenvalue weighted by atomic mass is 16.5. The summed E-state index contributed by atoms with van der Waals surface area (Å²) >= 11 is 0. The first kappa shape index (κ1) is 20.7. The number of fused-ring (bicyclic) bond motifs is 1. The molecule has 0 aromatic heterocycles. The average Bonchev–Trinajstić information content (AvgIpc) is 3.29. The fourth-order valence-corrected chi connectivity index (χ4v) is 4.22. The maximum Gasteiger partial charge on any atom is 0.257 e. The standard InChI is InChI=1S/C25H32N2O3/c1-2-3-4-7-16-29-20-14-12-19(13-15-20)24-26-23-11-6-5-10-22(23)25(28)27(24)18-21-9-8-17-30-21/h5-6,10-15,21,24,26H,2-4,7-9,16-18H2,1H3. The summed E-state index contributed by atoms with van der Waals surface area (Å²) in [6.45, 7) is 4.34. The molecule has 0 spiro atoms. The molecule has 0 radical (unpaired) electrons. The predicted molar refractivity (Wildman–Crippen MR) is 119 cm³/mol. The maximum atomic E-state index is 13.3. The van der Waals surface area contributed by atoms with E-state index in [0.717, 1.165) is 55.0 Å². The van der Waals surface area contributed by atoms with Crippen LogP contribution in [-0.4, -0.2) is 36.7 Å². The Labute approximate surface area is 179 Å². The summed E-state index contributed by atoms with van der Waals surface area (Å²) < 4.78 is 11.7. The van der Waals surface area contributed by atoms with Gasteiger partial charge in [0.05, 0.1) is 18.3 Å². The largest absolute Gasteiger partial charge is 0.494 e. The van der Waals surface area contributed by atoms with Crippen molar-refractivity contribution in [1.82, 2.24) is 4.90 Å². The number of hydrogen-bond donors (Lipinski definition) is 1. The van der Waals surface area contributed by atoms with Gasteiger partial charge in [0.15, 0.2) is 0 Å². The zero-order valence-corrected chi connectivity index (χ0v) is 17.8. The zero-order valence-electron chi connectivity index (χ0n) is 17.8. The van der Waals surface area contributed by atoms with Crippen molar-refractivity contribution in [1.29, 1.82) is 0 Å². The minimum absolute atomic E-state index is 0.0566. The first-order valence-corrected chi connectivity index (χ1v) is 11.3. The lowest BCUT2D eigenvalue weighted by atomic mass is 10.0. The lowest BCUT2D eigenvalue weighted by Crippen LogP contribution is -2.46. The number of carbonyl (C=O) groups is 1. The van der Waals surface area contributed by atoms with E-state index in [9.17, 15) is 4.79 Å². The Kier molecular flexibility index (Phi) is 6.90. The van der Waals surface area contributed by atoms with Crippen LogP contribution in [0.25, 0.3) is 0 Å². The average molecular weight is 409 g/mol. The number of unbranched alkanes of at least 4 members (excludes halogenated alkanes) is 3. The van der Waals surface area contributed by atoms with Crippen LogP contribution in [0, 0.1) is 0 Å². The van der Waals surface area contributed by atoms with Gasteiger partial charge in [-0.05, 0) is 49.1 Å². The molecule has 1 amide bonds. The van der Waals surface area contributed by atoms with Crippen molar-refractivity contribution in [3.63, 3.8) is 0 Å². The number of benzene rings is 2. The maximum absolute atomic E-state index is 13.3. The van der Waals surface area contributed by atoms with Gasteiger partial charge < -0.3 is 19.7 Å². The molecule has 2 aromatic carbocycles. The van der Waals surface area contributed by atoms with Crippen LogP contribution in [-0.2, 0) is 4.74 Å². The second kappa shape index (κ2) is 9.98. The van der Waals surface area contributed by atoms with E-state index >= 15 is 0 Å². The van der Waals surface area contributed by atoms with E-state index in [2.05, 4.69) is 24.4 Å². The summed E-state index contributed by atoms with van der Waals surface area (Å²) in [5.41, 5.74) is 2.65. The van der Waals surface area contributed by atoms with Gasteiger partial charge in [-0.15, -0.1) is 0 Å². The number of nitrogens with zero attached hydrogens (tertiary/aromatic N) is 1. The van der Waals surface area contributed by atoms with E-state index in [1.54, 1.807) is 0 Å². The third kappa shape index (κ3) is 4.78. The topological polar surface area (TPSA) is 50.8 Å². The molecule has 2 aromatic rings. The molecule has 0 aliphatic carbocycles. The van der Waals surface area contributed by atoms with Crippen molar-refractivity contribution in [2.45, 2.75) is 57.7 Å². The van der Waals surface area contributed by atoms with E-state index in [4.69, 9.17) is 9.47 Å². The number of para-hydroxylation sites is 1. The summed E-state index contributed by atoms with van der Waals surface area (Å²) in [5, 5.41) is 3.56. The third-order valence-electron chi connectivity index (χ3n) is 5.91. The fourth-order valence-electron chi connectivity index (χ4n) is 4.22. The van der Waals surface area contributed by atoms with Crippen LogP contribution in [0.15, 0.2) is 48.5 Å². The molecular formula is C25H32N2O3. The van der Waals surface area contributed by atoms with E-state index in [1.165, 1.54) is 19.3 Å². The molecule has 5 heteroatoms. The van der Waals surface area contributed by atoms with E-state index < -0.39 is 0 Å². The minimum atomic E-state index is -0.213. The van der Waals surface area contributed by atoms with Gasteiger partial charge in [0.25, 0.3) is 5.91 Å². The molecule has 1 fully saturated rings. The number of ether oxygens (including phenoxy) is 2. The normalized spacial score (nSPS) is 20.7. The monoisotopic (exact) mass is 408 g/mol. The number of carbonyl (C=O) groups excluding carboxylic acids is 1. The fraction of sp³-hybridized carbons (Fsp3) is 0.480. The van der Waals surface area contributed by atoms with Crippen LogP contribution in [0.2, 0.25) is 0 Å². The van der Waals surface area contributed by atoms with E-state index in [-0.39, 0.29) is 18.2 Å². The van der Waals surface area contributed by atoms with Gasteiger partial charge >= 0.3 is 0 Å². The minimum Gasteiger partial charge on any atom is -0.494 e. The van der Waals surface area contributed by atoms with Gasteiger partial charge in [-0.3, -0.25) is 4.79 Å². The van der Waals surface area contributed by atoms with Gasteiger partial charge in [-0.2, -0.15) is 0 Å². The molecule has 0 bridgehead atoms. The van der Waals surface area contributed by atoms with Crippen molar-refractivity contribution in [3.05, 3.63) is 59.7 Å². The second-order valence-electron chi connectivity index (χ2n) is 8.16. The molecule has 2 aliphatic heterocycles. The molecule has 2 heterocycles. The molecule has 5 nitrogen and oxygen atoms in total. The summed E-state index contributed by atoms with van der Waals surface area (Å²) in [6.07, 6.45) is 6.73. The summed E-state index contributed by atoms with van der Waals surface area (Å²) in [5.74, 6) is 0.935. The smallest absolute Gasteiger partial charge is 0.257 e. The van der Waals surface area contributed by atoms with E-state index in [1.807, 2.05) is 41.3 Å². The van der Waals surface area contributed by atoms with Gasteiger partial charge in [-0.1, -0.05) is 50.5 Å². The Morgan fingerprint density at radius 2 is 1.93 bits per heavy atom. The number of rotatable bonds is 9. The lowest BCUT2D eigenvalue weighted by molar-refractivity contribution is 0.0427. The molecular weight excluding hydrogens is 376 g/mol. The SMILES string of the molecule is CCCCCCOc1ccc(C2Nc3ccccc3C(=O)N2CC2CCCO2)cc1. The number of anilines is 1. The highest BCUT2D eigenvalue weighted by molar-refractivity contribution is 6.01. The van der Waals surface area contributed by atoms with Crippen molar-refractivity contribution < 1.29 is 14.3 Å². The van der Waals surface area contributed by atoms with Crippen molar-refractivity contribution in [3.8, 4) is 5.75 Å². The summed E-state index contributed by atoms with van der Waals surface area (Å²) in [7, 11) is 0. The first-order chi connectivity index (χ1) is 14.8. The first-order valence-electron chi connectivity index (χ1n) is 11.3. The van der Waals surface area contributed by atoms with Gasteiger partial charge in [-0.25, -0.2) is 0 Å². The Morgan fingerprint density at radius 1 is 1.10 bits per heavy atom. The highest BCUT2D eigenvalue weighted by Gasteiger charge is 2.35. The molecule has 2 aliphatic rings. The molecule has 0 saturated carbocycles. The van der Waals surface area contributed by atoms with Crippen molar-refractivity contribution >= 4 is 11.6 Å². The third-order valence-corrected chi connectivity index (χ3v) is 5.91. The molecule has 1 N–H and O–H groups in total. The van der Waals surface area contributed by atoms with E-state index in [0.29, 0.717) is 6.54 Å². The molecule has 4 rings (SSSR count). The molecule has 160 valence electrons.